The number of nitrogens with zero attached hydrogens (tertiary/aromatic N) is 3. The molecule has 0 amide bonds. The standard InChI is InChI=1S/C12H9F2N5S/c1-15-12-17-10-7(5-16-19-10)11(18-12)20-9-3-2-6(13)4-8(9)14/h2-5H,1H3,(H2,15,16,17,18,19). The summed E-state index contributed by atoms with van der Waals surface area (Å²) in [5, 5.41) is 10.7. The van der Waals surface area contributed by atoms with E-state index in [9.17, 15) is 8.78 Å². The summed E-state index contributed by atoms with van der Waals surface area (Å²) in [6.07, 6.45) is 1.57. The number of hydrogen-bond acceptors (Lipinski definition) is 5. The van der Waals surface area contributed by atoms with Gasteiger partial charge >= 0.3 is 0 Å². The second-order valence-electron chi connectivity index (χ2n) is 3.91. The quantitative estimate of drug-likeness (QED) is 0.727. The van der Waals surface area contributed by atoms with E-state index in [0.717, 1.165) is 17.8 Å². The normalized spacial score (nSPS) is 10.9. The fraction of sp³-hybridized carbons (Fsp3) is 0.0833. The molecule has 0 radical (unpaired) electrons. The lowest BCUT2D eigenvalue weighted by molar-refractivity contribution is 0.565. The van der Waals surface area contributed by atoms with E-state index < -0.39 is 11.6 Å². The zero-order valence-corrected chi connectivity index (χ0v) is 11.1. The SMILES string of the molecule is CNc1nc(Sc2ccc(F)cc2F)c2cn[nH]c2n1. The maximum absolute atomic E-state index is 13.7. The monoisotopic (exact) mass is 293 g/mol. The van der Waals surface area contributed by atoms with E-state index in [0.29, 0.717) is 22.0 Å². The van der Waals surface area contributed by atoms with Gasteiger partial charge in [0.15, 0.2) is 5.65 Å². The van der Waals surface area contributed by atoms with Crippen molar-refractivity contribution in [2.24, 2.45) is 0 Å². The molecule has 0 aliphatic rings. The van der Waals surface area contributed by atoms with Crippen LogP contribution in [0, 0.1) is 11.6 Å². The van der Waals surface area contributed by atoms with Crippen molar-refractivity contribution in [2.75, 3.05) is 12.4 Å². The van der Waals surface area contributed by atoms with Gasteiger partial charge in [-0.15, -0.1) is 0 Å². The lowest BCUT2D eigenvalue weighted by Crippen LogP contribution is -1.98. The van der Waals surface area contributed by atoms with Crippen molar-refractivity contribution in [2.45, 2.75) is 9.92 Å². The Bertz CT molecular complexity index is 774. The molecule has 0 saturated carbocycles. The molecule has 0 bridgehead atoms. The Morgan fingerprint density at radius 3 is 2.85 bits per heavy atom. The molecule has 2 aromatic heterocycles. The van der Waals surface area contributed by atoms with Crippen molar-refractivity contribution in [3.63, 3.8) is 0 Å². The van der Waals surface area contributed by atoms with Crippen LogP contribution in [0.1, 0.15) is 0 Å². The predicted molar refractivity (Wildman–Crippen MR) is 71.7 cm³/mol. The van der Waals surface area contributed by atoms with Gasteiger partial charge < -0.3 is 5.32 Å². The third kappa shape index (κ3) is 2.29. The molecule has 0 aliphatic heterocycles. The molecule has 1 aromatic carbocycles. The van der Waals surface area contributed by atoms with Crippen LogP contribution in [0.15, 0.2) is 34.3 Å². The first-order valence-corrected chi connectivity index (χ1v) is 6.51. The summed E-state index contributed by atoms with van der Waals surface area (Å²) in [4.78, 5) is 8.74. The van der Waals surface area contributed by atoms with Crippen molar-refractivity contribution in [3.8, 4) is 0 Å². The van der Waals surface area contributed by atoms with Crippen LogP contribution in [0.5, 0.6) is 0 Å². The molecule has 0 unspecified atom stereocenters. The Balaban J connectivity index is 2.07. The highest BCUT2D eigenvalue weighted by Gasteiger charge is 2.13. The van der Waals surface area contributed by atoms with Gasteiger partial charge in [-0.1, -0.05) is 11.8 Å². The molecule has 0 fully saturated rings. The number of halogens is 2. The number of fused-ring (bicyclic) bond motifs is 1. The van der Waals surface area contributed by atoms with E-state index in [1.807, 2.05) is 0 Å². The molecule has 3 rings (SSSR count). The average Bonchev–Trinajstić information content (AvgIpc) is 2.90. The fourth-order valence-corrected chi connectivity index (χ4v) is 2.55. The highest BCUT2D eigenvalue weighted by atomic mass is 32.2. The Morgan fingerprint density at radius 1 is 1.25 bits per heavy atom. The fourth-order valence-electron chi connectivity index (χ4n) is 1.66. The molecular weight excluding hydrogens is 284 g/mol. The van der Waals surface area contributed by atoms with Crippen LogP contribution in [-0.4, -0.2) is 27.2 Å². The second-order valence-corrected chi connectivity index (χ2v) is 4.94. The van der Waals surface area contributed by atoms with Crippen LogP contribution in [-0.2, 0) is 0 Å². The molecule has 2 heterocycles. The first kappa shape index (κ1) is 12.8. The minimum absolute atomic E-state index is 0.287. The molecule has 0 spiro atoms. The smallest absolute Gasteiger partial charge is 0.225 e. The van der Waals surface area contributed by atoms with Gasteiger partial charge in [0.1, 0.15) is 16.7 Å². The third-order valence-electron chi connectivity index (χ3n) is 2.60. The van der Waals surface area contributed by atoms with Gasteiger partial charge in [-0.2, -0.15) is 10.1 Å². The number of hydrogen-bond donors (Lipinski definition) is 2. The second kappa shape index (κ2) is 5.04. The molecule has 0 saturated heterocycles. The number of benzene rings is 1. The molecule has 5 nitrogen and oxygen atoms in total. The number of rotatable bonds is 3. The third-order valence-corrected chi connectivity index (χ3v) is 3.65. The van der Waals surface area contributed by atoms with E-state index >= 15 is 0 Å². The lowest BCUT2D eigenvalue weighted by Gasteiger charge is -2.05. The summed E-state index contributed by atoms with van der Waals surface area (Å²) < 4.78 is 26.6. The van der Waals surface area contributed by atoms with Gasteiger partial charge in [-0.3, -0.25) is 5.10 Å². The minimum atomic E-state index is -0.628. The average molecular weight is 293 g/mol. The lowest BCUT2D eigenvalue weighted by atomic mass is 10.3. The predicted octanol–water partition coefficient (Wildman–Crippen LogP) is 2.82. The van der Waals surface area contributed by atoms with Crippen molar-refractivity contribution in [3.05, 3.63) is 36.0 Å². The molecule has 2 N–H and O–H groups in total. The van der Waals surface area contributed by atoms with E-state index in [2.05, 4.69) is 25.5 Å². The summed E-state index contributed by atoms with van der Waals surface area (Å²) in [6.45, 7) is 0. The van der Waals surface area contributed by atoms with Gasteiger partial charge in [0.2, 0.25) is 5.95 Å². The minimum Gasteiger partial charge on any atom is -0.357 e. The van der Waals surface area contributed by atoms with Crippen LogP contribution in [0.25, 0.3) is 11.0 Å². The Hall–Kier alpha value is -2.22. The summed E-state index contributed by atoms with van der Waals surface area (Å²) in [6, 6.07) is 3.43. The Morgan fingerprint density at radius 2 is 2.10 bits per heavy atom. The van der Waals surface area contributed by atoms with Crippen molar-refractivity contribution >= 4 is 28.7 Å². The van der Waals surface area contributed by atoms with E-state index in [-0.39, 0.29) is 4.90 Å². The molecule has 102 valence electrons. The van der Waals surface area contributed by atoms with Gasteiger partial charge in [0.05, 0.1) is 11.6 Å². The molecule has 0 aliphatic carbocycles. The molecule has 8 heteroatoms. The topological polar surface area (TPSA) is 66.5 Å². The van der Waals surface area contributed by atoms with Crippen LogP contribution in [0.2, 0.25) is 0 Å². The number of aromatic nitrogens is 4. The van der Waals surface area contributed by atoms with Crippen LogP contribution in [0.3, 0.4) is 0 Å². The maximum Gasteiger partial charge on any atom is 0.225 e. The number of H-pyrrole nitrogens is 1. The van der Waals surface area contributed by atoms with Crippen LogP contribution < -0.4 is 5.32 Å². The Labute approximate surface area is 116 Å². The van der Waals surface area contributed by atoms with Crippen LogP contribution in [0.4, 0.5) is 14.7 Å². The van der Waals surface area contributed by atoms with E-state index in [4.69, 9.17) is 0 Å². The van der Waals surface area contributed by atoms with Crippen LogP contribution >= 0.6 is 11.8 Å². The van der Waals surface area contributed by atoms with Gasteiger partial charge in [0, 0.05) is 18.0 Å². The number of anilines is 1. The van der Waals surface area contributed by atoms with Crippen molar-refractivity contribution in [1.29, 1.82) is 0 Å². The van der Waals surface area contributed by atoms with E-state index in [1.165, 1.54) is 12.1 Å². The summed E-state index contributed by atoms with van der Waals surface area (Å²) in [5.74, 6) is -0.845. The summed E-state index contributed by atoms with van der Waals surface area (Å²) in [5.41, 5.74) is 0.550. The molecule has 0 atom stereocenters. The van der Waals surface area contributed by atoms with Crippen molar-refractivity contribution in [1.82, 2.24) is 20.2 Å². The Kier molecular flexibility index (Phi) is 3.23. The highest BCUT2D eigenvalue weighted by Crippen LogP contribution is 2.33. The zero-order chi connectivity index (χ0) is 14.1. The van der Waals surface area contributed by atoms with Gasteiger partial charge in [0.25, 0.3) is 0 Å². The first-order chi connectivity index (χ1) is 9.67. The largest absolute Gasteiger partial charge is 0.357 e. The number of aromatic amines is 1. The number of nitrogens with one attached hydrogen (secondary N) is 2. The first-order valence-electron chi connectivity index (χ1n) is 5.69. The van der Waals surface area contributed by atoms with Crippen molar-refractivity contribution < 1.29 is 8.78 Å². The molecular formula is C12H9F2N5S. The molecule has 20 heavy (non-hydrogen) atoms. The highest BCUT2D eigenvalue weighted by molar-refractivity contribution is 7.99. The van der Waals surface area contributed by atoms with Gasteiger partial charge in [-0.25, -0.2) is 13.8 Å². The van der Waals surface area contributed by atoms with Gasteiger partial charge in [-0.05, 0) is 12.1 Å². The van der Waals surface area contributed by atoms with E-state index in [1.54, 1.807) is 13.2 Å². The zero-order valence-electron chi connectivity index (χ0n) is 10.3. The maximum atomic E-state index is 13.7. The summed E-state index contributed by atoms with van der Waals surface area (Å²) in [7, 11) is 1.68. The summed E-state index contributed by atoms with van der Waals surface area (Å²) >= 11 is 1.09. The molecule has 3 aromatic rings.